The zero-order chi connectivity index (χ0) is 10.6. The maximum Gasteiger partial charge on any atom is 0.265 e. The third-order valence-corrected chi connectivity index (χ3v) is 2.63. The maximum absolute atomic E-state index is 11.8. The molecule has 1 aromatic rings. The molecule has 0 fully saturated rings. The predicted octanol–water partition coefficient (Wildman–Crippen LogP) is 0.986. The van der Waals surface area contributed by atoms with Crippen LogP contribution in [0, 0.1) is 0 Å². The first-order valence-corrected chi connectivity index (χ1v) is 5.35. The lowest BCUT2D eigenvalue weighted by Gasteiger charge is -2.25. The van der Waals surface area contributed by atoms with Gasteiger partial charge in [-0.05, 0) is 13.8 Å². The number of hydrogen-bond acceptors (Lipinski definition) is 4. The fraction of sp³-hybridized carbons (Fsp3) is 0.556. The third-order valence-electron chi connectivity index (χ3n) is 1.87. The summed E-state index contributed by atoms with van der Waals surface area (Å²) in [6.07, 6.45) is 1.56. The van der Waals surface area contributed by atoms with Crippen molar-refractivity contribution in [1.29, 1.82) is 0 Å². The van der Waals surface area contributed by atoms with Crippen LogP contribution in [0.3, 0.4) is 0 Å². The second kappa shape index (κ2) is 5.07. The Hall–Kier alpha value is -0.940. The van der Waals surface area contributed by atoms with E-state index in [4.69, 9.17) is 5.11 Å². The van der Waals surface area contributed by atoms with E-state index >= 15 is 0 Å². The Morgan fingerprint density at radius 1 is 1.71 bits per heavy atom. The number of carbonyl (C=O) groups excluding carboxylic acids is 1. The molecule has 0 saturated carbocycles. The van der Waals surface area contributed by atoms with Crippen LogP contribution in [0.2, 0.25) is 0 Å². The summed E-state index contributed by atoms with van der Waals surface area (Å²) in [6, 6.07) is 0.0942. The molecule has 1 N–H and O–H groups in total. The zero-order valence-electron chi connectivity index (χ0n) is 8.30. The minimum Gasteiger partial charge on any atom is -0.395 e. The second-order valence-electron chi connectivity index (χ2n) is 3.18. The summed E-state index contributed by atoms with van der Waals surface area (Å²) < 4.78 is 0. The predicted molar refractivity (Wildman–Crippen MR) is 55.4 cm³/mol. The van der Waals surface area contributed by atoms with E-state index in [9.17, 15) is 4.79 Å². The van der Waals surface area contributed by atoms with Gasteiger partial charge >= 0.3 is 0 Å². The Balaban J connectivity index is 2.74. The van der Waals surface area contributed by atoms with Crippen molar-refractivity contribution in [2.45, 2.75) is 19.9 Å². The van der Waals surface area contributed by atoms with Gasteiger partial charge in [-0.3, -0.25) is 9.78 Å². The van der Waals surface area contributed by atoms with Crippen molar-refractivity contribution in [2.24, 2.45) is 0 Å². The Kier molecular flexibility index (Phi) is 4.03. The number of thiazole rings is 1. The number of rotatable bonds is 4. The molecule has 0 radical (unpaired) electrons. The van der Waals surface area contributed by atoms with Crippen LogP contribution in [-0.2, 0) is 0 Å². The molecule has 0 aliphatic rings. The highest BCUT2D eigenvalue weighted by atomic mass is 32.1. The molecule has 0 bridgehead atoms. The van der Waals surface area contributed by atoms with Crippen molar-refractivity contribution in [1.82, 2.24) is 9.88 Å². The van der Waals surface area contributed by atoms with E-state index in [0.717, 1.165) is 0 Å². The molecule has 0 unspecified atom stereocenters. The molecule has 0 aromatic carbocycles. The molecule has 0 aliphatic carbocycles. The molecule has 1 heterocycles. The molecule has 1 aromatic heterocycles. The Bertz CT molecular complexity index is 285. The minimum absolute atomic E-state index is 0.0112. The highest BCUT2D eigenvalue weighted by Crippen LogP contribution is 2.11. The van der Waals surface area contributed by atoms with Crippen LogP contribution in [-0.4, -0.2) is 40.1 Å². The molecule has 14 heavy (non-hydrogen) atoms. The van der Waals surface area contributed by atoms with Gasteiger partial charge in [0.1, 0.15) is 4.88 Å². The Morgan fingerprint density at radius 3 is 2.86 bits per heavy atom. The van der Waals surface area contributed by atoms with Gasteiger partial charge in [0.15, 0.2) is 0 Å². The smallest absolute Gasteiger partial charge is 0.265 e. The van der Waals surface area contributed by atoms with E-state index < -0.39 is 0 Å². The molecular formula is C9H14N2O2S. The van der Waals surface area contributed by atoms with Gasteiger partial charge in [0, 0.05) is 12.6 Å². The quantitative estimate of drug-likeness (QED) is 0.813. The number of hydrogen-bond donors (Lipinski definition) is 1. The van der Waals surface area contributed by atoms with Gasteiger partial charge in [0.2, 0.25) is 0 Å². The summed E-state index contributed by atoms with van der Waals surface area (Å²) >= 11 is 1.32. The van der Waals surface area contributed by atoms with Gasteiger partial charge in [-0.15, -0.1) is 11.3 Å². The number of carbonyl (C=O) groups is 1. The van der Waals surface area contributed by atoms with E-state index in [2.05, 4.69) is 4.98 Å². The van der Waals surface area contributed by atoms with Crippen LogP contribution in [0.4, 0.5) is 0 Å². The summed E-state index contributed by atoms with van der Waals surface area (Å²) in [6.45, 7) is 4.21. The van der Waals surface area contributed by atoms with Crippen LogP contribution < -0.4 is 0 Å². The summed E-state index contributed by atoms with van der Waals surface area (Å²) in [5.74, 6) is -0.0587. The standard InChI is InChI=1S/C9H14N2O2S/c1-7(2)11(3-4-12)9(13)8-5-10-6-14-8/h5-7,12H,3-4H2,1-2H3. The van der Waals surface area contributed by atoms with Crippen LogP contribution >= 0.6 is 11.3 Å². The lowest BCUT2D eigenvalue weighted by Crippen LogP contribution is -2.38. The van der Waals surface area contributed by atoms with Crippen molar-refractivity contribution in [3.05, 3.63) is 16.6 Å². The SMILES string of the molecule is CC(C)N(CCO)C(=O)c1cncs1. The molecule has 78 valence electrons. The summed E-state index contributed by atoms with van der Waals surface area (Å²) in [4.78, 5) is 17.9. The molecule has 0 aliphatic heterocycles. The number of aliphatic hydroxyl groups is 1. The summed E-state index contributed by atoms with van der Waals surface area (Å²) in [5.41, 5.74) is 1.63. The first kappa shape index (κ1) is 11.1. The Morgan fingerprint density at radius 2 is 2.43 bits per heavy atom. The molecule has 0 spiro atoms. The van der Waals surface area contributed by atoms with Crippen molar-refractivity contribution in [2.75, 3.05) is 13.2 Å². The fourth-order valence-electron chi connectivity index (χ4n) is 1.16. The normalized spacial score (nSPS) is 10.6. The van der Waals surface area contributed by atoms with Gasteiger partial charge in [-0.1, -0.05) is 0 Å². The first-order chi connectivity index (χ1) is 6.66. The highest BCUT2D eigenvalue weighted by Gasteiger charge is 2.18. The first-order valence-electron chi connectivity index (χ1n) is 4.47. The van der Waals surface area contributed by atoms with Crippen LogP contribution in [0.5, 0.6) is 0 Å². The number of amides is 1. The van der Waals surface area contributed by atoms with E-state index in [0.29, 0.717) is 11.4 Å². The lowest BCUT2D eigenvalue weighted by atomic mass is 10.3. The number of aromatic nitrogens is 1. The average Bonchev–Trinajstić information content (AvgIpc) is 2.65. The fourth-order valence-corrected chi connectivity index (χ4v) is 1.74. The van der Waals surface area contributed by atoms with Crippen LogP contribution in [0.15, 0.2) is 11.7 Å². The van der Waals surface area contributed by atoms with Crippen LogP contribution in [0.1, 0.15) is 23.5 Å². The van der Waals surface area contributed by atoms with Crippen molar-refractivity contribution >= 4 is 17.2 Å². The van der Waals surface area contributed by atoms with Crippen LogP contribution in [0.25, 0.3) is 0 Å². The van der Waals surface area contributed by atoms with Crippen molar-refractivity contribution in [3.63, 3.8) is 0 Å². The molecule has 4 nitrogen and oxygen atoms in total. The summed E-state index contributed by atoms with van der Waals surface area (Å²) in [5, 5.41) is 8.83. The van der Waals surface area contributed by atoms with E-state index in [1.807, 2.05) is 13.8 Å². The topological polar surface area (TPSA) is 53.4 Å². The van der Waals surface area contributed by atoms with E-state index in [1.54, 1.807) is 16.6 Å². The molecule has 0 saturated heterocycles. The second-order valence-corrected chi connectivity index (χ2v) is 4.07. The van der Waals surface area contributed by atoms with E-state index in [-0.39, 0.29) is 18.6 Å². The summed E-state index contributed by atoms with van der Waals surface area (Å²) in [7, 11) is 0. The van der Waals surface area contributed by atoms with Crippen molar-refractivity contribution < 1.29 is 9.90 Å². The average molecular weight is 214 g/mol. The van der Waals surface area contributed by atoms with E-state index in [1.165, 1.54) is 11.3 Å². The molecule has 1 amide bonds. The number of aliphatic hydroxyl groups excluding tert-OH is 1. The van der Waals surface area contributed by atoms with Gasteiger partial charge in [-0.25, -0.2) is 0 Å². The van der Waals surface area contributed by atoms with Gasteiger partial charge in [-0.2, -0.15) is 0 Å². The van der Waals surface area contributed by atoms with Gasteiger partial charge in [0.25, 0.3) is 5.91 Å². The monoisotopic (exact) mass is 214 g/mol. The third kappa shape index (κ3) is 2.52. The largest absolute Gasteiger partial charge is 0.395 e. The Labute approximate surface area is 87.2 Å². The van der Waals surface area contributed by atoms with Crippen molar-refractivity contribution in [3.8, 4) is 0 Å². The molecule has 5 heteroatoms. The molecule has 1 rings (SSSR count). The maximum atomic E-state index is 11.8. The number of nitrogens with zero attached hydrogens (tertiary/aromatic N) is 2. The zero-order valence-corrected chi connectivity index (χ0v) is 9.12. The lowest BCUT2D eigenvalue weighted by molar-refractivity contribution is 0.0670. The minimum atomic E-state index is -0.0587. The van der Waals surface area contributed by atoms with Gasteiger partial charge in [0.05, 0.1) is 18.3 Å². The van der Waals surface area contributed by atoms with Gasteiger partial charge < -0.3 is 10.0 Å². The molecular weight excluding hydrogens is 200 g/mol. The molecule has 0 atom stereocenters. The highest BCUT2D eigenvalue weighted by molar-refractivity contribution is 7.11.